The number of carbonyl (C=O) groups excluding carboxylic acids is 1. The van der Waals surface area contributed by atoms with Crippen LogP contribution in [-0.4, -0.2) is 18.1 Å². The first-order chi connectivity index (χ1) is 10.8. The van der Waals surface area contributed by atoms with E-state index < -0.39 is 5.60 Å². The molecule has 0 saturated carbocycles. The Morgan fingerprint density at radius 1 is 1.13 bits per heavy atom. The maximum absolute atomic E-state index is 13.0. The maximum Gasteiger partial charge on any atom is 0.270 e. The number of likely N-dealkylation sites (N-methyl/N-ethyl adjacent to an activating group) is 1. The van der Waals surface area contributed by atoms with Gasteiger partial charge in [-0.1, -0.05) is 29.8 Å². The lowest BCUT2D eigenvalue weighted by Crippen LogP contribution is -2.49. The quantitative estimate of drug-likeness (QED) is 0.783. The van der Waals surface area contributed by atoms with E-state index in [0.717, 1.165) is 11.3 Å². The van der Waals surface area contributed by atoms with E-state index in [1.807, 2.05) is 38.1 Å². The number of benzene rings is 2. The molecule has 2 rings (SSSR count). The van der Waals surface area contributed by atoms with Crippen LogP contribution in [0.3, 0.4) is 0 Å². The Labute approximate surface area is 142 Å². The number of halogens is 1. The van der Waals surface area contributed by atoms with Crippen molar-refractivity contribution < 1.29 is 9.53 Å². The van der Waals surface area contributed by atoms with Gasteiger partial charge in [0.2, 0.25) is 0 Å². The van der Waals surface area contributed by atoms with Crippen molar-refractivity contribution in [2.24, 2.45) is 0 Å². The predicted octanol–water partition coefficient (Wildman–Crippen LogP) is 4.86. The van der Waals surface area contributed by atoms with Crippen LogP contribution in [0.5, 0.6) is 5.75 Å². The molecule has 0 bridgehead atoms. The fraction of sp³-hybridized carbons (Fsp3) is 0.316. The van der Waals surface area contributed by atoms with E-state index >= 15 is 0 Å². The molecule has 3 nitrogen and oxygen atoms in total. The van der Waals surface area contributed by atoms with Crippen molar-refractivity contribution in [3.63, 3.8) is 0 Å². The van der Waals surface area contributed by atoms with Gasteiger partial charge in [-0.3, -0.25) is 4.79 Å². The molecule has 0 saturated heterocycles. The lowest BCUT2D eigenvalue weighted by molar-refractivity contribution is -0.131. The minimum Gasteiger partial charge on any atom is -0.478 e. The highest BCUT2D eigenvalue weighted by Gasteiger charge is 2.34. The lowest BCUT2D eigenvalue weighted by atomic mass is 10.1. The summed E-state index contributed by atoms with van der Waals surface area (Å²) < 4.78 is 5.91. The summed E-state index contributed by atoms with van der Waals surface area (Å²) in [7, 11) is 0. The van der Waals surface area contributed by atoms with Crippen molar-refractivity contribution in [2.75, 3.05) is 11.4 Å². The topological polar surface area (TPSA) is 29.5 Å². The number of nitrogens with zero attached hydrogens (tertiary/aromatic N) is 1. The number of ether oxygens (including phenoxy) is 1. The van der Waals surface area contributed by atoms with Crippen molar-refractivity contribution in [3.05, 3.63) is 59.1 Å². The van der Waals surface area contributed by atoms with Crippen LogP contribution in [0.1, 0.15) is 26.3 Å². The molecule has 0 aliphatic rings. The average Bonchev–Trinajstić information content (AvgIpc) is 2.52. The second-order valence-electron chi connectivity index (χ2n) is 5.90. The first-order valence-corrected chi connectivity index (χ1v) is 8.05. The number of carbonyl (C=O) groups is 1. The molecule has 122 valence electrons. The summed E-state index contributed by atoms with van der Waals surface area (Å²) in [4.78, 5) is 14.8. The number of hydrogen-bond donors (Lipinski definition) is 0. The van der Waals surface area contributed by atoms with Crippen LogP contribution >= 0.6 is 11.6 Å². The van der Waals surface area contributed by atoms with Gasteiger partial charge in [0.1, 0.15) is 5.75 Å². The third-order valence-electron chi connectivity index (χ3n) is 3.67. The molecule has 0 heterocycles. The van der Waals surface area contributed by atoms with E-state index in [-0.39, 0.29) is 5.91 Å². The van der Waals surface area contributed by atoms with Crippen molar-refractivity contribution in [3.8, 4) is 5.75 Å². The van der Waals surface area contributed by atoms with Gasteiger partial charge in [-0.15, -0.1) is 0 Å². The van der Waals surface area contributed by atoms with Gasteiger partial charge >= 0.3 is 0 Å². The first-order valence-electron chi connectivity index (χ1n) is 7.67. The predicted molar refractivity (Wildman–Crippen MR) is 95.4 cm³/mol. The van der Waals surface area contributed by atoms with Gasteiger partial charge in [-0.25, -0.2) is 0 Å². The summed E-state index contributed by atoms with van der Waals surface area (Å²) in [5.41, 5.74) is 0.990. The Bertz CT molecular complexity index is 680. The molecule has 0 radical (unpaired) electrons. The van der Waals surface area contributed by atoms with Gasteiger partial charge < -0.3 is 9.64 Å². The summed E-state index contributed by atoms with van der Waals surface area (Å²) in [6, 6.07) is 14.9. The van der Waals surface area contributed by atoms with Crippen LogP contribution in [0.4, 0.5) is 5.69 Å². The highest BCUT2D eigenvalue weighted by atomic mass is 35.5. The van der Waals surface area contributed by atoms with Gasteiger partial charge in [-0.2, -0.15) is 0 Å². The summed E-state index contributed by atoms with van der Waals surface area (Å²) in [5.74, 6) is 0.540. The molecule has 0 aliphatic heterocycles. The minimum absolute atomic E-state index is 0.0794. The van der Waals surface area contributed by atoms with Crippen LogP contribution in [0.15, 0.2) is 48.5 Å². The molecule has 23 heavy (non-hydrogen) atoms. The first kappa shape index (κ1) is 17.4. The van der Waals surface area contributed by atoms with E-state index in [0.29, 0.717) is 17.3 Å². The fourth-order valence-electron chi connectivity index (χ4n) is 2.46. The Morgan fingerprint density at radius 3 is 2.30 bits per heavy atom. The minimum atomic E-state index is -0.980. The van der Waals surface area contributed by atoms with Crippen LogP contribution < -0.4 is 9.64 Å². The van der Waals surface area contributed by atoms with E-state index in [1.54, 1.807) is 43.0 Å². The van der Waals surface area contributed by atoms with Crippen LogP contribution in [0, 0.1) is 6.92 Å². The second-order valence-corrected chi connectivity index (χ2v) is 6.34. The van der Waals surface area contributed by atoms with Crippen molar-refractivity contribution in [1.82, 2.24) is 0 Å². The number of para-hydroxylation sites is 1. The standard InChI is InChI=1S/C19H22ClNO2/c1-5-21(17-9-7-6-8-14(17)2)18(22)19(3,4)23-16-12-10-15(20)11-13-16/h6-13H,5H2,1-4H3. The van der Waals surface area contributed by atoms with Crippen LogP contribution in [-0.2, 0) is 4.79 Å². The van der Waals surface area contributed by atoms with Crippen LogP contribution in [0.2, 0.25) is 5.02 Å². The summed E-state index contributed by atoms with van der Waals surface area (Å²) in [5, 5.41) is 0.636. The van der Waals surface area contributed by atoms with Gasteiger partial charge in [0.15, 0.2) is 5.60 Å². The molecule has 0 unspecified atom stereocenters. The Kier molecular flexibility index (Phi) is 5.32. The molecule has 0 aliphatic carbocycles. The van der Waals surface area contributed by atoms with Crippen molar-refractivity contribution >= 4 is 23.2 Å². The zero-order valence-electron chi connectivity index (χ0n) is 14.0. The summed E-state index contributed by atoms with van der Waals surface area (Å²) >= 11 is 5.89. The van der Waals surface area contributed by atoms with Crippen molar-refractivity contribution in [2.45, 2.75) is 33.3 Å². The SMILES string of the molecule is CCN(C(=O)C(C)(C)Oc1ccc(Cl)cc1)c1ccccc1C. The van der Waals surface area contributed by atoms with Gasteiger partial charge in [0.25, 0.3) is 5.91 Å². The van der Waals surface area contributed by atoms with Crippen LogP contribution in [0.25, 0.3) is 0 Å². The van der Waals surface area contributed by atoms with Gasteiger partial charge in [0, 0.05) is 17.3 Å². The molecule has 1 amide bonds. The Morgan fingerprint density at radius 2 is 1.74 bits per heavy atom. The molecule has 0 spiro atoms. The molecule has 0 atom stereocenters. The Balaban J connectivity index is 2.25. The summed E-state index contributed by atoms with van der Waals surface area (Å²) in [6.07, 6.45) is 0. The summed E-state index contributed by atoms with van der Waals surface area (Å²) in [6.45, 7) is 8.11. The average molecular weight is 332 g/mol. The second kappa shape index (κ2) is 7.05. The molecule has 0 N–H and O–H groups in total. The van der Waals surface area contributed by atoms with E-state index in [9.17, 15) is 4.79 Å². The third-order valence-corrected chi connectivity index (χ3v) is 3.92. The van der Waals surface area contributed by atoms with E-state index in [2.05, 4.69) is 0 Å². The highest BCUT2D eigenvalue weighted by Crippen LogP contribution is 2.26. The molecular weight excluding hydrogens is 310 g/mol. The molecule has 4 heteroatoms. The maximum atomic E-state index is 13.0. The highest BCUT2D eigenvalue weighted by molar-refractivity contribution is 6.30. The van der Waals surface area contributed by atoms with Crippen molar-refractivity contribution in [1.29, 1.82) is 0 Å². The molecule has 0 aromatic heterocycles. The van der Waals surface area contributed by atoms with E-state index in [4.69, 9.17) is 16.3 Å². The third kappa shape index (κ3) is 4.05. The zero-order valence-corrected chi connectivity index (χ0v) is 14.7. The Hall–Kier alpha value is -2.00. The number of anilines is 1. The molecule has 2 aromatic rings. The molecule has 0 fully saturated rings. The monoisotopic (exact) mass is 331 g/mol. The number of hydrogen-bond acceptors (Lipinski definition) is 2. The number of amides is 1. The molecule has 2 aromatic carbocycles. The lowest BCUT2D eigenvalue weighted by Gasteiger charge is -2.32. The van der Waals surface area contributed by atoms with Gasteiger partial charge in [0.05, 0.1) is 0 Å². The largest absolute Gasteiger partial charge is 0.478 e. The molecular formula is C19H22ClNO2. The number of rotatable bonds is 5. The smallest absolute Gasteiger partial charge is 0.270 e. The zero-order chi connectivity index (χ0) is 17.0. The normalized spacial score (nSPS) is 11.2. The van der Waals surface area contributed by atoms with Gasteiger partial charge in [-0.05, 0) is 63.6 Å². The van der Waals surface area contributed by atoms with E-state index in [1.165, 1.54) is 0 Å². The number of aryl methyl sites for hydroxylation is 1. The fourth-order valence-corrected chi connectivity index (χ4v) is 2.58.